The minimum Gasteiger partial charge on any atom is -0.507 e. The van der Waals surface area contributed by atoms with Crippen LogP contribution in [0.15, 0.2) is 18.2 Å². The quantitative estimate of drug-likeness (QED) is 0.792. The van der Waals surface area contributed by atoms with Crippen LogP contribution in [0.25, 0.3) is 11.3 Å². The highest BCUT2D eigenvalue weighted by molar-refractivity contribution is 5.69. The van der Waals surface area contributed by atoms with Gasteiger partial charge in [-0.15, -0.1) is 10.2 Å². The van der Waals surface area contributed by atoms with E-state index in [4.69, 9.17) is 0 Å². The molecular formula is C17H19F4N5O. The van der Waals surface area contributed by atoms with Gasteiger partial charge in [0.1, 0.15) is 17.6 Å². The number of halogens is 4. The second kappa shape index (κ2) is 7.26. The molecule has 2 N–H and O–H groups in total. The van der Waals surface area contributed by atoms with Crippen LogP contribution in [-0.4, -0.2) is 57.5 Å². The second-order valence-electron chi connectivity index (χ2n) is 6.69. The van der Waals surface area contributed by atoms with Crippen molar-refractivity contribution in [2.45, 2.75) is 31.7 Å². The fourth-order valence-electron chi connectivity index (χ4n) is 3.16. The number of aryl methyl sites for hydroxylation is 1. The molecule has 1 aliphatic rings. The van der Waals surface area contributed by atoms with Gasteiger partial charge in [-0.2, -0.15) is 13.2 Å². The first-order valence-corrected chi connectivity index (χ1v) is 8.34. The van der Waals surface area contributed by atoms with Gasteiger partial charge >= 0.3 is 6.18 Å². The molecule has 0 spiro atoms. The van der Waals surface area contributed by atoms with Crippen LogP contribution in [0, 0.1) is 6.92 Å². The number of phenolic OH excluding ortho intramolecular Hbond substituents is 1. The van der Waals surface area contributed by atoms with E-state index in [9.17, 15) is 22.7 Å². The number of aromatic nitrogens is 3. The van der Waals surface area contributed by atoms with E-state index in [0.717, 1.165) is 12.1 Å². The van der Waals surface area contributed by atoms with Crippen LogP contribution in [0.1, 0.15) is 17.7 Å². The molecule has 3 rings (SSSR count). The Morgan fingerprint density at radius 3 is 2.56 bits per heavy atom. The summed E-state index contributed by atoms with van der Waals surface area (Å²) in [6.07, 6.45) is -5.17. The van der Waals surface area contributed by atoms with E-state index in [1.807, 2.05) is 11.9 Å². The summed E-state index contributed by atoms with van der Waals surface area (Å²) >= 11 is 0. The number of nitrogens with one attached hydrogen (secondary N) is 1. The highest BCUT2D eigenvalue weighted by Crippen LogP contribution is 2.36. The molecular weight excluding hydrogens is 366 g/mol. The van der Waals surface area contributed by atoms with Crippen LogP contribution in [0.5, 0.6) is 5.75 Å². The van der Waals surface area contributed by atoms with Gasteiger partial charge in [-0.05, 0) is 32.2 Å². The van der Waals surface area contributed by atoms with Gasteiger partial charge in [-0.3, -0.25) is 0 Å². The van der Waals surface area contributed by atoms with Gasteiger partial charge < -0.3 is 15.3 Å². The molecule has 0 aliphatic carbocycles. The normalized spacial score (nSPS) is 21.3. The van der Waals surface area contributed by atoms with Gasteiger partial charge in [0.15, 0.2) is 0 Å². The molecule has 0 saturated carbocycles. The Hall–Kier alpha value is -2.49. The van der Waals surface area contributed by atoms with Gasteiger partial charge in [0, 0.05) is 31.1 Å². The first-order chi connectivity index (χ1) is 12.6. The Morgan fingerprint density at radius 2 is 1.96 bits per heavy atom. The van der Waals surface area contributed by atoms with Crippen LogP contribution in [0.4, 0.5) is 23.5 Å². The molecule has 2 heterocycles. The Kier molecular flexibility index (Phi) is 5.18. The second-order valence-corrected chi connectivity index (χ2v) is 6.69. The molecule has 0 radical (unpaired) electrons. The lowest BCUT2D eigenvalue weighted by Crippen LogP contribution is -2.45. The number of phenols is 1. The smallest absolute Gasteiger partial charge is 0.416 e. The maximum Gasteiger partial charge on any atom is 0.416 e. The van der Waals surface area contributed by atoms with Gasteiger partial charge in [-0.1, -0.05) is 0 Å². The number of piperidine rings is 1. The molecule has 10 heteroatoms. The summed E-state index contributed by atoms with van der Waals surface area (Å²) < 4.78 is 51.8. The largest absolute Gasteiger partial charge is 0.507 e. The summed E-state index contributed by atoms with van der Waals surface area (Å²) in [6.45, 7) is 2.62. The van der Waals surface area contributed by atoms with Crippen molar-refractivity contribution in [2.75, 3.05) is 25.5 Å². The van der Waals surface area contributed by atoms with Crippen LogP contribution in [-0.2, 0) is 6.18 Å². The van der Waals surface area contributed by atoms with Crippen molar-refractivity contribution in [3.63, 3.8) is 0 Å². The molecule has 6 nitrogen and oxygen atoms in total. The number of benzene rings is 1. The SMILES string of the molecule is Cc1nc(N[C@@H]2C[C@H](F)CN(C)C2)nnc1-c1ccc(C(F)(F)F)cc1O. The maximum atomic E-state index is 13.7. The minimum atomic E-state index is -4.55. The van der Waals surface area contributed by atoms with E-state index in [2.05, 4.69) is 20.5 Å². The number of likely N-dealkylation sites (N-methyl/N-ethyl adjacent to an activating group) is 1. The van der Waals surface area contributed by atoms with Gasteiger partial charge in [0.05, 0.1) is 11.3 Å². The summed E-state index contributed by atoms with van der Waals surface area (Å²) in [6, 6.07) is 2.46. The van der Waals surface area contributed by atoms with Crippen molar-refractivity contribution < 1.29 is 22.7 Å². The van der Waals surface area contributed by atoms with E-state index in [0.29, 0.717) is 31.3 Å². The summed E-state index contributed by atoms with van der Waals surface area (Å²) in [5, 5.41) is 20.9. The first kappa shape index (κ1) is 19.3. The Labute approximate surface area is 153 Å². The molecule has 1 saturated heterocycles. The van der Waals surface area contributed by atoms with E-state index in [1.165, 1.54) is 0 Å². The Bertz CT molecular complexity index is 819. The van der Waals surface area contributed by atoms with Crippen molar-refractivity contribution in [1.82, 2.24) is 20.1 Å². The molecule has 27 heavy (non-hydrogen) atoms. The van der Waals surface area contributed by atoms with E-state index in [1.54, 1.807) is 6.92 Å². The average molecular weight is 385 g/mol. The van der Waals surface area contributed by atoms with Crippen LogP contribution in [0.2, 0.25) is 0 Å². The molecule has 2 aromatic rings. The lowest BCUT2D eigenvalue weighted by Gasteiger charge is -2.32. The molecule has 1 aliphatic heterocycles. The third-order valence-corrected chi connectivity index (χ3v) is 4.36. The van der Waals surface area contributed by atoms with Gasteiger partial charge in [0.25, 0.3) is 0 Å². The lowest BCUT2D eigenvalue weighted by atomic mass is 10.0. The standard InChI is InChI=1S/C17H19F4N5O/c1-9-15(13-4-3-10(5-14(13)27)17(19,20)21)24-25-16(22-9)23-12-6-11(18)7-26(2)8-12/h3-5,11-12,27H,6-8H2,1-2H3,(H,22,23,25)/t11-,12+/m0/s1. The van der Waals surface area contributed by atoms with Crippen LogP contribution in [0.3, 0.4) is 0 Å². The Morgan fingerprint density at radius 1 is 1.22 bits per heavy atom. The van der Waals surface area contributed by atoms with Crippen molar-refractivity contribution in [3.05, 3.63) is 29.5 Å². The number of likely N-dealkylation sites (tertiary alicyclic amines) is 1. The van der Waals surface area contributed by atoms with Gasteiger partial charge in [-0.25, -0.2) is 9.37 Å². The number of anilines is 1. The minimum absolute atomic E-state index is 0.105. The summed E-state index contributed by atoms with van der Waals surface area (Å²) in [7, 11) is 1.82. The molecule has 0 unspecified atom stereocenters. The fraction of sp³-hybridized carbons (Fsp3) is 0.471. The Balaban J connectivity index is 1.81. The van der Waals surface area contributed by atoms with Crippen LogP contribution >= 0.6 is 0 Å². The predicted octanol–water partition coefficient (Wildman–Crippen LogP) is 3.03. The van der Waals surface area contributed by atoms with E-state index in [-0.39, 0.29) is 23.2 Å². The molecule has 1 aromatic carbocycles. The highest BCUT2D eigenvalue weighted by Gasteiger charge is 2.31. The van der Waals surface area contributed by atoms with Gasteiger partial charge in [0.2, 0.25) is 5.95 Å². The average Bonchev–Trinajstić information content (AvgIpc) is 2.53. The molecule has 1 aromatic heterocycles. The number of hydrogen-bond donors (Lipinski definition) is 2. The zero-order valence-corrected chi connectivity index (χ0v) is 14.8. The van der Waals surface area contributed by atoms with Crippen molar-refractivity contribution in [1.29, 1.82) is 0 Å². The molecule has 2 atom stereocenters. The van der Waals surface area contributed by atoms with Crippen molar-refractivity contribution in [3.8, 4) is 17.0 Å². The highest BCUT2D eigenvalue weighted by atomic mass is 19.4. The zero-order valence-electron chi connectivity index (χ0n) is 14.8. The zero-order chi connectivity index (χ0) is 19.8. The topological polar surface area (TPSA) is 74.2 Å². The number of rotatable bonds is 3. The molecule has 1 fully saturated rings. The van der Waals surface area contributed by atoms with Crippen molar-refractivity contribution >= 4 is 5.95 Å². The molecule has 0 bridgehead atoms. The summed E-state index contributed by atoms with van der Waals surface area (Å²) in [4.78, 5) is 6.11. The fourth-order valence-corrected chi connectivity index (χ4v) is 3.16. The number of hydrogen-bond acceptors (Lipinski definition) is 6. The third-order valence-electron chi connectivity index (χ3n) is 4.36. The molecule has 0 amide bonds. The van der Waals surface area contributed by atoms with Crippen LogP contribution < -0.4 is 5.32 Å². The number of aromatic hydroxyl groups is 1. The summed E-state index contributed by atoms with van der Waals surface area (Å²) in [5.74, 6) is -0.353. The van der Waals surface area contributed by atoms with Crippen molar-refractivity contribution in [2.24, 2.45) is 0 Å². The number of nitrogens with zero attached hydrogens (tertiary/aromatic N) is 4. The summed E-state index contributed by atoms with van der Waals surface area (Å²) in [5.41, 5.74) is -0.296. The maximum absolute atomic E-state index is 13.7. The first-order valence-electron chi connectivity index (χ1n) is 8.34. The van der Waals surface area contributed by atoms with E-state index < -0.39 is 23.7 Å². The lowest BCUT2D eigenvalue weighted by molar-refractivity contribution is -0.137. The van der Waals surface area contributed by atoms with E-state index >= 15 is 0 Å². The molecule has 146 valence electrons. The predicted molar refractivity (Wildman–Crippen MR) is 91.1 cm³/mol. The number of alkyl halides is 4. The monoisotopic (exact) mass is 385 g/mol. The third kappa shape index (κ3) is 4.44.